The van der Waals surface area contributed by atoms with Gasteiger partial charge in [0.25, 0.3) is 0 Å². The molecule has 6 nitrogen and oxygen atoms in total. The zero-order valence-electron chi connectivity index (χ0n) is 19.8. The van der Waals surface area contributed by atoms with E-state index >= 15 is 0 Å². The quantitative estimate of drug-likeness (QED) is 0.504. The van der Waals surface area contributed by atoms with Crippen molar-refractivity contribution in [3.63, 3.8) is 0 Å². The smallest absolute Gasteiger partial charge is 0.213 e. The van der Waals surface area contributed by atoms with Gasteiger partial charge in [-0.05, 0) is 61.8 Å². The zero-order chi connectivity index (χ0) is 24.1. The van der Waals surface area contributed by atoms with Crippen LogP contribution in [0.25, 0.3) is 11.1 Å². The highest BCUT2D eigenvalue weighted by Gasteiger charge is 2.18. The third-order valence-electron chi connectivity index (χ3n) is 5.72. The van der Waals surface area contributed by atoms with Crippen molar-refractivity contribution >= 4 is 20.0 Å². The van der Waals surface area contributed by atoms with Crippen LogP contribution >= 0.6 is 0 Å². The van der Waals surface area contributed by atoms with Gasteiger partial charge in [0.15, 0.2) is 0 Å². The molecule has 0 aliphatic carbocycles. The first-order valence-electron chi connectivity index (χ1n) is 11.0. The summed E-state index contributed by atoms with van der Waals surface area (Å²) in [4.78, 5) is 0. The molecule has 8 heteroatoms. The Morgan fingerprint density at radius 2 is 0.844 bits per heavy atom. The molecule has 2 N–H and O–H groups in total. The van der Waals surface area contributed by atoms with Gasteiger partial charge >= 0.3 is 0 Å². The van der Waals surface area contributed by atoms with Gasteiger partial charge < -0.3 is 0 Å². The fraction of sp³-hybridized carbons (Fsp3) is 0.500. The molecule has 2 aromatic carbocycles. The fourth-order valence-electron chi connectivity index (χ4n) is 3.06. The van der Waals surface area contributed by atoms with Gasteiger partial charge in [0, 0.05) is 13.1 Å². The summed E-state index contributed by atoms with van der Waals surface area (Å²) < 4.78 is 53.2. The van der Waals surface area contributed by atoms with Crippen LogP contribution in [0.5, 0.6) is 0 Å². The lowest BCUT2D eigenvalue weighted by atomic mass is 9.95. The van der Waals surface area contributed by atoms with E-state index in [1.807, 2.05) is 62.4 Å². The molecule has 178 valence electrons. The van der Waals surface area contributed by atoms with Crippen molar-refractivity contribution in [2.75, 3.05) is 13.1 Å². The lowest BCUT2D eigenvalue weighted by molar-refractivity contribution is 0.564. The van der Waals surface area contributed by atoms with Gasteiger partial charge in [0.05, 0.1) is 10.5 Å². The Balaban J connectivity index is 2.01. The Morgan fingerprint density at radius 1 is 0.562 bits per heavy atom. The van der Waals surface area contributed by atoms with E-state index in [4.69, 9.17) is 0 Å². The number of benzene rings is 2. The van der Waals surface area contributed by atoms with Crippen molar-refractivity contribution in [2.24, 2.45) is 0 Å². The van der Waals surface area contributed by atoms with Crippen molar-refractivity contribution < 1.29 is 16.8 Å². The first-order valence-corrected chi connectivity index (χ1v) is 14.1. The first kappa shape index (κ1) is 26.5. The van der Waals surface area contributed by atoms with E-state index in [9.17, 15) is 16.8 Å². The minimum Gasteiger partial charge on any atom is -0.214 e. The first-order chi connectivity index (χ1) is 14.8. The minimum atomic E-state index is -3.27. The summed E-state index contributed by atoms with van der Waals surface area (Å²) in [5.74, 6) is 0.130. The van der Waals surface area contributed by atoms with Crippen LogP contribution in [0.3, 0.4) is 0 Å². The maximum atomic E-state index is 12.0. The summed E-state index contributed by atoms with van der Waals surface area (Å²) in [6.45, 7) is 11.4. The Bertz CT molecular complexity index is 986. The van der Waals surface area contributed by atoms with Gasteiger partial charge in [-0.15, -0.1) is 0 Å². The molecule has 0 aromatic heterocycles. The van der Waals surface area contributed by atoms with E-state index in [1.165, 1.54) is 0 Å². The standard InChI is InChI=1S/C24H36N2O4S2/c1-17(2)31(27,28)25-15-19(5)21-7-11-23(12-8-21)24-13-9-22(10-14-24)20(6)16-26-32(29,30)18(3)4/h7-14,17-20,25-26H,15-16H2,1-6H3/t19-,20-/m1/s1. The molecule has 0 bridgehead atoms. The number of rotatable bonds is 11. The molecule has 0 fully saturated rings. The van der Waals surface area contributed by atoms with Gasteiger partial charge in [-0.25, -0.2) is 26.3 Å². The molecule has 0 unspecified atom stereocenters. The summed E-state index contributed by atoms with van der Waals surface area (Å²) in [5.41, 5.74) is 4.29. The SMILES string of the molecule is CC(C)S(=O)(=O)NC[C@@H](C)c1ccc(-c2ccc([C@H](C)CNS(=O)(=O)C(C)C)cc2)cc1. The second kappa shape index (κ2) is 10.9. The highest BCUT2D eigenvalue weighted by Crippen LogP contribution is 2.25. The molecule has 0 aliphatic heterocycles. The lowest BCUT2D eigenvalue weighted by Gasteiger charge is -2.16. The van der Waals surface area contributed by atoms with E-state index < -0.39 is 30.5 Å². The molecular weight excluding hydrogens is 444 g/mol. The van der Waals surface area contributed by atoms with Gasteiger partial charge in [0.2, 0.25) is 20.0 Å². The van der Waals surface area contributed by atoms with E-state index in [0.29, 0.717) is 13.1 Å². The van der Waals surface area contributed by atoms with Gasteiger partial charge in [0.1, 0.15) is 0 Å². The van der Waals surface area contributed by atoms with Gasteiger partial charge in [-0.1, -0.05) is 62.4 Å². The molecule has 2 aromatic rings. The molecule has 0 saturated carbocycles. The number of hydrogen-bond acceptors (Lipinski definition) is 4. The predicted molar refractivity (Wildman–Crippen MR) is 133 cm³/mol. The molecule has 0 heterocycles. The van der Waals surface area contributed by atoms with E-state index in [2.05, 4.69) is 9.44 Å². The van der Waals surface area contributed by atoms with Crippen LogP contribution < -0.4 is 9.44 Å². The largest absolute Gasteiger partial charge is 0.214 e. The minimum absolute atomic E-state index is 0.0652. The predicted octanol–water partition coefficient (Wildman–Crippen LogP) is 4.22. The summed E-state index contributed by atoms with van der Waals surface area (Å²) in [6, 6.07) is 16.3. The summed E-state index contributed by atoms with van der Waals surface area (Å²) in [7, 11) is -6.54. The Labute approximate surface area is 193 Å². The van der Waals surface area contributed by atoms with E-state index in [-0.39, 0.29) is 11.8 Å². The molecule has 0 spiro atoms. The van der Waals surface area contributed by atoms with Crippen LogP contribution in [0, 0.1) is 0 Å². The third kappa shape index (κ3) is 7.13. The second-order valence-electron chi connectivity index (χ2n) is 8.93. The maximum absolute atomic E-state index is 12.0. The van der Waals surface area contributed by atoms with Crippen LogP contribution in [0.15, 0.2) is 48.5 Å². The number of nitrogens with one attached hydrogen (secondary N) is 2. The molecule has 0 radical (unpaired) electrons. The van der Waals surface area contributed by atoms with Crippen molar-refractivity contribution in [3.05, 3.63) is 59.7 Å². The van der Waals surface area contributed by atoms with Crippen molar-refractivity contribution in [1.29, 1.82) is 0 Å². The summed E-state index contributed by atoms with van der Waals surface area (Å²) in [5, 5.41) is -0.892. The molecule has 0 amide bonds. The second-order valence-corrected chi connectivity index (χ2v) is 13.6. The highest BCUT2D eigenvalue weighted by molar-refractivity contribution is 7.90. The van der Waals surface area contributed by atoms with Gasteiger partial charge in [-0.2, -0.15) is 0 Å². The number of hydrogen-bond donors (Lipinski definition) is 2. The van der Waals surface area contributed by atoms with Crippen molar-refractivity contribution in [3.8, 4) is 11.1 Å². The molecule has 2 atom stereocenters. The Kier molecular flexibility index (Phi) is 9.05. The highest BCUT2D eigenvalue weighted by atomic mass is 32.2. The Morgan fingerprint density at radius 3 is 1.09 bits per heavy atom. The van der Waals surface area contributed by atoms with E-state index in [1.54, 1.807) is 27.7 Å². The Hall–Kier alpha value is -1.74. The normalized spacial score (nSPS) is 14.6. The molecule has 2 rings (SSSR count). The van der Waals surface area contributed by atoms with Crippen LogP contribution in [0.4, 0.5) is 0 Å². The average Bonchev–Trinajstić information content (AvgIpc) is 2.76. The lowest BCUT2D eigenvalue weighted by Crippen LogP contribution is -2.33. The average molecular weight is 481 g/mol. The fourth-order valence-corrected chi connectivity index (χ4v) is 4.69. The monoisotopic (exact) mass is 480 g/mol. The summed E-state index contributed by atoms with van der Waals surface area (Å²) >= 11 is 0. The van der Waals surface area contributed by atoms with Crippen LogP contribution in [0.2, 0.25) is 0 Å². The van der Waals surface area contributed by atoms with Crippen LogP contribution in [-0.2, 0) is 20.0 Å². The third-order valence-corrected chi connectivity index (χ3v) is 9.34. The van der Waals surface area contributed by atoms with Crippen molar-refractivity contribution in [2.45, 2.75) is 63.9 Å². The summed E-state index contributed by atoms with van der Waals surface area (Å²) in [6.07, 6.45) is 0. The molecular formula is C24H36N2O4S2. The molecule has 0 aliphatic rings. The number of sulfonamides is 2. The van der Waals surface area contributed by atoms with Crippen LogP contribution in [0.1, 0.15) is 64.5 Å². The molecule has 32 heavy (non-hydrogen) atoms. The van der Waals surface area contributed by atoms with E-state index in [0.717, 1.165) is 22.3 Å². The topological polar surface area (TPSA) is 92.3 Å². The van der Waals surface area contributed by atoms with Crippen molar-refractivity contribution in [1.82, 2.24) is 9.44 Å². The maximum Gasteiger partial charge on any atom is 0.213 e. The zero-order valence-corrected chi connectivity index (χ0v) is 21.4. The van der Waals surface area contributed by atoms with Crippen LogP contribution in [-0.4, -0.2) is 40.4 Å². The molecule has 0 saturated heterocycles. The van der Waals surface area contributed by atoms with Gasteiger partial charge in [-0.3, -0.25) is 0 Å².